The number of hydrogen-bond donors (Lipinski definition) is 3. The fourth-order valence-electron chi connectivity index (χ4n) is 3.84. The van der Waals surface area contributed by atoms with Crippen LogP contribution in [-0.4, -0.2) is 48.0 Å². The van der Waals surface area contributed by atoms with Crippen molar-refractivity contribution in [3.63, 3.8) is 0 Å². The molecule has 1 saturated heterocycles. The zero-order valence-corrected chi connectivity index (χ0v) is 16.3. The molecule has 8 heteroatoms. The molecule has 8 nitrogen and oxygen atoms in total. The molecule has 3 N–H and O–H groups in total. The third-order valence-corrected chi connectivity index (χ3v) is 5.39. The average Bonchev–Trinajstić information content (AvgIpc) is 3.29. The number of hydrogen-bond acceptors (Lipinski definition) is 7. The molecule has 152 valence electrons. The van der Waals surface area contributed by atoms with Gasteiger partial charge in [0.25, 0.3) is 0 Å². The molecule has 1 fully saturated rings. The number of aromatic nitrogens is 4. The van der Waals surface area contributed by atoms with Crippen molar-refractivity contribution in [2.45, 2.75) is 31.5 Å². The molecule has 1 aromatic carbocycles. The van der Waals surface area contributed by atoms with Gasteiger partial charge in [-0.2, -0.15) is 0 Å². The topological polar surface area (TPSA) is 105 Å². The molecule has 1 aliphatic heterocycles. The molecule has 4 aromatic rings. The van der Waals surface area contributed by atoms with Crippen LogP contribution < -0.4 is 5.32 Å². The molecular formula is C22H21N5O3. The van der Waals surface area contributed by atoms with E-state index in [2.05, 4.69) is 20.3 Å². The Morgan fingerprint density at radius 2 is 1.77 bits per heavy atom. The number of fused-ring (bicyclic) bond motifs is 1. The summed E-state index contributed by atoms with van der Waals surface area (Å²) in [5, 5.41) is 24.9. The maximum absolute atomic E-state index is 10.6. The molecule has 4 heterocycles. The number of aliphatic hydroxyl groups is 2. The van der Waals surface area contributed by atoms with Gasteiger partial charge in [0, 0.05) is 29.8 Å². The van der Waals surface area contributed by atoms with Gasteiger partial charge in [0.15, 0.2) is 6.23 Å². The summed E-state index contributed by atoms with van der Waals surface area (Å²) in [7, 11) is 0. The first kappa shape index (κ1) is 18.7. The number of ether oxygens (including phenoxy) is 1. The molecule has 0 radical (unpaired) electrons. The number of aliphatic hydroxyl groups excluding tert-OH is 2. The molecule has 0 bridgehead atoms. The van der Waals surface area contributed by atoms with Crippen LogP contribution in [0.25, 0.3) is 22.2 Å². The van der Waals surface area contributed by atoms with Gasteiger partial charge in [-0.3, -0.25) is 4.98 Å². The first-order valence-electron chi connectivity index (χ1n) is 9.73. The highest BCUT2D eigenvalue weighted by Crippen LogP contribution is 2.39. The third kappa shape index (κ3) is 3.11. The van der Waals surface area contributed by atoms with Gasteiger partial charge in [-0.05, 0) is 36.8 Å². The number of para-hydroxylation sites is 1. The Bertz CT molecular complexity index is 1170. The number of rotatable bonds is 4. The van der Waals surface area contributed by atoms with Gasteiger partial charge in [0.2, 0.25) is 0 Å². The van der Waals surface area contributed by atoms with Gasteiger partial charge in [0.05, 0.1) is 11.5 Å². The van der Waals surface area contributed by atoms with E-state index in [0.717, 1.165) is 22.2 Å². The summed E-state index contributed by atoms with van der Waals surface area (Å²) in [6, 6.07) is 13.6. The SMILES string of the molecule is C[C@H]1O[C@@H](n2cc(-c3ccncc3)c3c(Nc4ccccc4)ncnc32)[C@H](O)[C@@H]1O. The van der Waals surface area contributed by atoms with Gasteiger partial charge in [-0.25, -0.2) is 9.97 Å². The molecule has 0 amide bonds. The Hall–Kier alpha value is -3.33. The van der Waals surface area contributed by atoms with Crippen LogP contribution >= 0.6 is 0 Å². The molecule has 0 spiro atoms. The Balaban J connectivity index is 1.70. The van der Waals surface area contributed by atoms with E-state index in [1.165, 1.54) is 6.33 Å². The van der Waals surface area contributed by atoms with E-state index in [1.54, 1.807) is 23.9 Å². The minimum atomic E-state index is -1.07. The number of nitrogens with zero attached hydrogens (tertiary/aromatic N) is 4. The lowest BCUT2D eigenvalue weighted by Gasteiger charge is -2.17. The number of nitrogens with one attached hydrogen (secondary N) is 1. The van der Waals surface area contributed by atoms with Crippen molar-refractivity contribution in [1.29, 1.82) is 0 Å². The number of pyridine rings is 1. The fourth-order valence-corrected chi connectivity index (χ4v) is 3.84. The van der Waals surface area contributed by atoms with E-state index in [9.17, 15) is 10.2 Å². The summed E-state index contributed by atoms with van der Waals surface area (Å²) in [5.74, 6) is 0.637. The standard InChI is InChI=1S/C22H21N5O3/c1-13-18(28)19(29)22(30-13)27-11-16(14-7-9-23-10-8-14)17-20(24-12-25-21(17)27)26-15-5-3-2-4-6-15/h2-13,18-19,22,28-29H,1H3,(H,24,25,26)/t13-,18-,19-,22-/m1/s1. The number of benzene rings is 1. The molecule has 30 heavy (non-hydrogen) atoms. The Kier molecular flexibility index (Phi) is 4.66. The van der Waals surface area contributed by atoms with E-state index in [4.69, 9.17) is 4.74 Å². The minimum Gasteiger partial charge on any atom is -0.388 e. The van der Waals surface area contributed by atoms with E-state index < -0.39 is 24.5 Å². The molecule has 0 unspecified atom stereocenters. The van der Waals surface area contributed by atoms with Gasteiger partial charge in [-0.1, -0.05) is 18.2 Å². The van der Waals surface area contributed by atoms with Gasteiger partial charge in [-0.15, -0.1) is 0 Å². The zero-order chi connectivity index (χ0) is 20.7. The van der Waals surface area contributed by atoms with Crippen LogP contribution in [0.5, 0.6) is 0 Å². The van der Waals surface area contributed by atoms with E-state index >= 15 is 0 Å². The van der Waals surface area contributed by atoms with Crippen molar-refractivity contribution >= 4 is 22.5 Å². The molecule has 0 aliphatic carbocycles. The molecule has 3 aromatic heterocycles. The van der Waals surface area contributed by atoms with Gasteiger partial charge < -0.3 is 24.8 Å². The van der Waals surface area contributed by atoms with Crippen LogP contribution in [0, 0.1) is 0 Å². The highest BCUT2D eigenvalue weighted by atomic mass is 16.6. The van der Waals surface area contributed by atoms with Crippen molar-refractivity contribution in [3.8, 4) is 11.1 Å². The number of anilines is 2. The molecule has 4 atom stereocenters. The average molecular weight is 403 g/mol. The summed E-state index contributed by atoms with van der Waals surface area (Å²) < 4.78 is 7.62. The second kappa shape index (κ2) is 7.49. The summed E-state index contributed by atoms with van der Waals surface area (Å²) in [6.07, 6.45) is 3.51. The normalized spacial score (nSPS) is 23.7. The molecule has 1 aliphatic rings. The van der Waals surface area contributed by atoms with E-state index in [0.29, 0.717) is 11.5 Å². The lowest BCUT2D eigenvalue weighted by molar-refractivity contribution is -0.0295. The van der Waals surface area contributed by atoms with E-state index in [1.807, 2.05) is 48.7 Å². The summed E-state index contributed by atoms with van der Waals surface area (Å²) in [6.45, 7) is 1.74. The smallest absolute Gasteiger partial charge is 0.164 e. The van der Waals surface area contributed by atoms with Gasteiger partial charge in [0.1, 0.15) is 30.0 Å². The lowest BCUT2D eigenvalue weighted by atomic mass is 10.1. The summed E-state index contributed by atoms with van der Waals surface area (Å²) in [5.41, 5.74) is 3.30. The first-order chi connectivity index (χ1) is 14.6. The molecule has 5 rings (SSSR count). The predicted molar refractivity (Wildman–Crippen MR) is 112 cm³/mol. The van der Waals surface area contributed by atoms with Crippen molar-refractivity contribution in [2.24, 2.45) is 0 Å². The maximum Gasteiger partial charge on any atom is 0.164 e. The predicted octanol–water partition coefficient (Wildman–Crippen LogP) is 2.88. The van der Waals surface area contributed by atoms with Crippen molar-refractivity contribution in [2.75, 3.05) is 5.32 Å². The van der Waals surface area contributed by atoms with Crippen LogP contribution in [-0.2, 0) is 4.74 Å². The van der Waals surface area contributed by atoms with Crippen molar-refractivity contribution in [1.82, 2.24) is 19.5 Å². The van der Waals surface area contributed by atoms with Crippen LogP contribution in [0.1, 0.15) is 13.2 Å². The van der Waals surface area contributed by atoms with E-state index in [-0.39, 0.29) is 0 Å². The Morgan fingerprint density at radius 3 is 2.47 bits per heavy atom. The lowest BCUT2D eigenvalue weighted by Crippen LogP contribution is -2.30. The highest BCUT2D eigenvalue weighted by Gasteiger charge is 2.42. The minimum absolute atomic E-state index is 0.490. The Labute approximate surface area is 172 Å². The van der Waals surface area contributed by atoms with Gasteiger partial charge >= 0.3 is 0 Å². The maximum atomic E-state index is 10.6. The zero-order valence-electron chi connectivity index (χ0n) is 16.3. The summed E-state index contributed by atoms with van der Waals surface area (Å²) in [4.78, 5) is 13.1. The second-order valence-corrected chi connectivity index (χ2v) is 7.31. The third-order valence-electron chi connectivity index (χ3n) is 5.39. The van der Waals surface area contributed by atoms with Crippen LogP contribution in [0.4, 0.5) is 11.5 Å². The highest BCUT2D eigenvalue weighted by molar-refractivity contribution is 6.02. The van der Waals surface area contributed by atoms with Crippen LogP contribution in [0.2, 0.25) is 0 Å². The summed E-state index contributed by atoms with van der Waals surface area (Å²) >= 11 is 0. The first-order valence-corrected chi connectivity index (χ1v) is 9.73. The van der Waals surface area contributed by atoms with Crippen LogP contribution in [0.3, 0.4) is 0 Å². The Morgan fingerprint density at radius 1 is 1.00 bits per heavy atom. The molecule has 0 saturated carbocycles. The largest absolute Gasteiger partial charge is 0.388 e. The molecular weight excluding hydrogens is 382 g/mol. The monoisotopic (exact) mass is 403 g/mol. The quantitative estimate of drug-likeness (QED) is 0.481. The van der Waals surface area contributed by atoms with Crippen molar-refractivity contribution in [3.05, 3.63) is 67.4 Å². The van der Waals surface area contributed by atoms with Crippen LogP contribution in [0.15, 0.2) is 67.4 Å². The second-order valence-electron chi connectivity index (χ2n) is 7.31. The fraction of sp³-hybridized carbons (Fsp3) is 0.227. The van der Waals surface area contributed by atoms with Crippen molar-refractivity contribution < 1.29 is 14.9 Å².